The van der Waals surface area contributed by atoms with Crippen LogP contribution in [0.5, 0.6) is 0 Å². The molecule has 4 rings (SSSR count). The van der Waals surface area contributed by atoms with Crippen LogP contribution in [0, 0.1) is 0 Å². The summed E-state index contributed by atoms with van der Waals surface area (Å²) in [4.78, 5) is 21.8. The molecule has 0 N–H and O–H groups in total. The second-order valence-electron chi connectivity index (χ2n) is 5.25. The van der Waals surface area contributed by atoms with Gasteiger partial charge in [-0.1, -0.05) is 30.3 Å². The van der Waals surface area contributed by atoms with E-state index in [0.29, 0.717) is 23.3 Å². The predicted molar refractivity (Wildman–Crippen MR) is 88.3 cm³/mol. The van der Waals surface area contributed by atoms with Gasteiger partial charge in [0.05, 0.1) is 0 Å². The van der Waals surface area contributed by atoms with Crippen LogP contribution in [0.15, 0.2) is 78.0 Å². The summed E-state index contributed by atoms with van der Waals surface area (Å²) >= 11 is 0. The normalized spacial score (nSPS) is 11.0. The molecule has 23 heavy (non-hydrogen) atoms. The van der Waals surface area contributed by atoms with Crippen molar-refractivity contribution in [2.75, 3.05) is 0 Å². The zero-order valence-electron chi connectivity index (χ0n) is 12.3. The summed E-state index contributed by atoms with van der Waals surface area (Å²) in [6.07, 6.45) is 5.80. The van der Waals surface area contributed by atoms with Crippen molar-refractivity contribution in [1.29, 1.82) is 0 Å². The largest absolute Gasteiger partial charge is 0.293 e. The molecule has 0 saturated carbocycles. The Balaban J connectivity index is 1.96. The van der Waals surface area contributed by atoms with Crippen molar-refractivity contribution in [2.24, 2.45) is 0 Å². The fraction of sp³-hybridized carbons (Fsp3) is 0.0556. The van der Waals surface area contributed by atoms with Crippen molar-refractivity contribution in [2.45, 2.75) is 6.42 Å². The topological polar surface area (TPSA) is 52.7 Å². The minimum Gasteiger partial charge on any atom is -0.265 e. The van der Waals surface area contributed by atoms with Crippen molar-refractivity contribution in [3.63, 3.8) is 0 Å². The number of aromatic nitrogens is 4. The molecular formula is C18H14N4O. The molecule has 0 aliphatic rings. The molecule has 112 valence electrons. The average Bonchev–Trinajstić information content (AvgIpc) is 3.11. The summed E-state index contributed by atoms with van der Waals surface area (Å²) < 4.78 is 3.29. The first kappa shape index (κ1) is 13.5. The molecule has 0 bridgehead atoms. The number of hydrogen-bond acceptors (Lipinski definition) is 3. The Morgan fingerprint density at radius 1 is 0.913 bits per heavy atom. The molecule has 0 aliphatic heterocycles. The highest BCUT2D eigenvalue weighted by Crippen LogP contribution is 2.10. The monoisotopic (exact) mass is 302 g/mol. The molecule has 3 heterocycles. The zero-order valence-corrected chi connectivity index (χ0v) is 12.3. The summed E-state index contributed by atoms with van der Waals surface area (Å²) in [5, 5.41) is 0. The highest BCUT2D eigenvalue weighted by molar-refractivity contribution is 5.69. The van der Waals surface area contributed by atoms with Crippen LogP contribution in [-0.4, -0.2) is 19.3 Å². The maximum atomic E-state index is 12.9. The Labute approximate surface area is 132 Å². The van der Waals surface area contributed by atoms with Crippen LogP contribution in [0.25, 0.3) is 11.2 Å². The van der Waals surface area contributed by atoms with E-state index in [4.69, 9.17) is 0 Å². The molecule has 5 nitrogen and oxygen atoms in total. The minimum absolute atomic E-state index is 0.156. The lowest BCUT2D eigenvalue weighted by molar-refractivity contribution is 0.642. The molecule has 3 aromatic heterocycles. The van der Waals surface area contributed by atoms with Crippen molar-refractivity contribution in [3.8, 4) is 0 Å². The summed E-state index contributed by atoms with van der Waals surface area (Å²) in [6.45, 7) is 0. The van der Waals surface area contributed by atoms with Gasteiger partial charge in [-0.05, 0) is 29.8 Å². The number of benzene rings is 1. The first-order valence-electron chi connectivity index (χ1n) is 7.37. The van der Waals surface area contributed by atoms with Gasteiger partial charge >= 0.3 is 0 Å². The van der Waals surface area contributed by atoms with E-state index in [2.05, 4.69) is 9.97 Å². The highest BCUT2D eigenvalue weighted by Gasteiger charge is 2.13. The fourth-order valence-corrected chi connectivity index (χ4v) is 2.63. The first-order valence-corrected chi connectivity index (χ1v) is 7.37. The number of rotatable bonds is 3. The van der Waals surface area contributed by atoms with Gasteiger partial charge in [0.25, 0.3) is 5.56 Å². The Hall–Kier alpha value is -3.21. The van der Waals surface area contributed by atoms with E-state index in [1.54, 1.807) is 15.5 Å². The Morgan fingerprint density at radius 2 is 1.70 bits per heavy atom. The SMILES string of the molecule is O=c1c(Cc2ccccc2)nc2cccnc2n1-n1cccc1. The van der Waals surface area contributed by atoms with Crippen LogP contribution in [0.4, 0.5) is 0 Å². The maximum absolute atomic E-state index is 12.9. The zero-order chi connectivity index (χ0) is 15.6. The molecule has 0 fully saturated rings. The van der Waals surface area contributed by atoms with Gasteiger partial charge in [-0.25, -0.2) is 9.97 Å². The van der Waals surface area contributed by atoms with Crippen LogP contribution in [-0.2, 0) is 6.42 Å². The average molecular weight is 302 g/mol. The quantitative estimate of drug-likeness (QED) is 0.584. The fourth-order valence-electron chi connectivity index (χ4n) is 2.63. The maximum Gasteiger partial charge on any atom is 0.293 e. The molecule has 4 aromatic rings. The lowest BCUT2D eigenvalue weighted by Gasteiger charge is -2.12. The molecule has 5 heteroatoms. The first-order chi connectivity index (χ1) is 11.3. The number of nitrogens with zero attached hydrogens (tertiary/aromatic N) is 4. The summed E-state index contributed by atoms with van der Waals surface area (Å²) in [7, 11) is 0. The minimum atomic E-state index is -0.156. The van der Waals surface area contributed by atoms with Gasteiger partial charge in [0.15, 0.2) is 5.65 Å². The van der Waals surface area contributed by atoms with Crippen LogP contribution >= 0.6 is 0 Å². The number of hydrogen-bond donors (Lipinski definition) is 0. The third-order valence-corrected chi connectivity index (χ3v) is 3.70. The van der Waals surface area contributed by atoms with Gasteiger partial charge in [-0.3, -0.25) is 9.47 Å². The molecule has 0 aliphatic carbocycles. The molecule has 0 amide bonds. The van der Waals surface area contributed by atoms with Crippen LogP contribution in [0.3, 0.4) is 0 Å². The molecule has 0 unspecified atom stereocenters. The van der Waals surface area contributed by atoms with Gasteiger partial charge in [0.2, 0.25) is 0 Å². The van der Waals surface area contributed by atoms with E-state index in [-0.39, 0.29) is 5.56 Å². The molecule has 0 spiro atoms. The molecular weight excluding hydrogens is 288 g/mol. The Kier molecular flexibility index (Phi) is 3.24. The van der Waals surface area contributed by atoms with Crippen molar-refractivity contribution >= 4 is 11.2 Å². The van der Waals surface area contributed by atoms with Crippen molar-refractivity contribution < 1.29 is 0 Å². The van der Waals surface area contributed by atoms with E-state index < -0.39 is 0 Å². The smallest absolute Gasteiger partial charge is 0.265 e. The number of pyridine rings is 1. The second-order valence-corrected chi connectivity index (χ2v) is 5.25. The molecule has 0 radical (unpaired) electrons. The van der Waals surface area contributed by atoms with E-state index in [9.17, 15) is 4.79 Å². The predicted octanol–water partition coefficient (Wildman–Crippen LogP) is 2.50. The van der Waals surface area contributed by atoms with E-state index in [1.165, 1.54) is 0 Å². The third kappa shape index (κ3) is 2.42. The van der Waals surface area contributed by atoms with Crippen LogP contribution in [0.1, 0.15) is 11.3 Å². The summed E-state index contributed by atoms with van der Waals surface area (Å²) in [6, 6.07) is 17.3. The van der Waals surface area contributed by atoms with Gasteiger partial charge in [0.1, 0.15) is 11.2 Å². The molecule has 1 aromatic carbocycles. The van der Waals surface area contributed by atoms with E-state index in [0.717, 1.165) is 5.56 Å². The van der Waals surface area contributed by atoms with Gasteiger partial charge in [0, 0.05) is 25.0 Å². The standard InChI is InChI=1S/C18H14N4O/c23-18-16(13-14-7-2-1-3-8-14)20-15-9-6-10-19-17(15)22(18)21-11-4-5-12-21/h1-12H,13H2. The molecule has 0 saturated heterocycles. The lowest BCUT2D eigenvalue weighted by Crippen LogP contribution is -2.30. The van der Waals surface area contributed by atoms with Gasteiger partial charge in [-0.15, -0.1) is 0 Å². The van der Waals surface area contributed by atoms with Crippen LogP contribution < -0.4 is 5.56 Å². The summed E-state index contributed by atoms with van der Waals surface area (Å²) in [5.74, 6) is 0. The van der Waals surface area contributed by atoms with E-state index >= 15 is 0 Å². The Bertz CT molecular complexity index is 1000. The van der Waals surface area contributed by atoms with Gasteiger partial charge in [-0.2, -0.15) is 4.68 Å². The third-order valence-electron chi connectivity index (χ3n) is 3.70. The van der Waals surface area contributed by atoms with E-state index in [1.807, 2.05) is 67.0 Å². The highest BCUT2D eigenvalue weighted by atomic mass is 16.1. The molecule has 0 atom stereocenters. The van der Waals surface area contributed by atoms with Crippen molar-refractivity contribution in [1.82, 2.24) is 19.3 Å². The second kappa shape index (κ2) is 5.53. The van der Waals surface area contributed by atoms with Crippen molar-refractivity contribution in [3.05, 3.63) is 94.8 Å². The summed E-state index contributed by atoms with van der Waals surface area (Å²) in [5.41, 5.74) is 2.65. The number of fused-ring (bicyclic) bond motifs is 1. The Morgan fingerprint density at radius 3 is 2.48 bits per heavy atom. The van der Waals surface area contributed by atoms with Crippen LogP contribution in [0.2, 0.25) is 0 Å². The van der Waals surface area contributed by atoms with Gasteiger partial charge < -0.3 is 0 Å². The lowest BCUT2D eigenvalue weighted by atomic mass is 10.1.